The molecule has 39 heavy (non-hydrogen) atoms. The number of alkyl halides is 3. The Labute approximate surface area is 235 Å². The van der Waals surface area contributed by atoms with Crippen molar-refractivity contribution in [2.24, 2.45) is 11.3 Å². The fourth-order valence-electron chi connectivity index (χ4n) is 4.78. The second-order valence-electron chi connectivity index (χ2n) is 10.4. The van der Waals surface area contributed by atoms with Crippen LogP contribution in [0.3, 0.4) is 0 Å². The second kappa shape index (κ2) is 9.90. The fourth-order valence-corrected chi connectivity index (χ4v) is 7.03. The first-order chi connectivity index (χ1) is 18.3. The lowest BCUT2D eigenvalue weighted by atomic mass is 9.72. The third-order valence-corrected chi connectivity index (χ3v) is 9.33. The SMILES string of the molecule is COC(=O)c1c(NC(=O)c2nn3c(C(F)(F)F)cc(-c4cccs4)nc3c2Cl)sc2c1CCC(C(C)(C)C)C2. The average molecular weight is 597 g/mol. The summed E-state index contributed by atoms with van der Waals surface area (Å²) in [6.45, 7) is 6.50. The molecule has 7 nitrogen and oxygen atoms in total. The Bertz CT molecular complexity index is 1590. The monoisotopic (exact) mass is 596 g/mol. The van der Waals surface area contributed by atoms with E-state index >= 15 is 0 Å². The van der Waals surface area contributed by atoms with Gasteiger partial charge in [-0.3, -0.25) is 4.79 Å². The third kappa shape index (κ3) is 5.05. The molecule has 0 radical (unpaired) electrons. The number of thiophene rings is 2. The number of amides is 1. The Kier molecular flexibility index (Phi) is 7.01. The maximum absolute atomic E-state index is 14.0. The maximum atomic E-state index is 14.0. The maximum Gasteiger partial charge on any atom is 0.433 e. The number of fused-ring (bicyclic) bond motifs is 2. The van der Waals surface area contributed by atoms with E-state index in [1.807, 2.05) is 0 Å². The molecule has 1 unspecified atom stereocenters. The Hall–Kier alpha value is -2.96. The zero-order chi connectivity index (χ0) is 28.3. The van der Waals surface area contributed by atoms with Crippen LogP contribution in [0.4, 0.5) is 18.2 Å². The number of hydrogen-bond donors (Lipinski definition) is 1. The van der Waals surface area contributed by atoms with Crippen molar-refractivity contribution in [3.8, 4) is 10.6 Å². The molecule has 5 rings (SSSR count). The van der Waals surface area contributed by atoms with Gasteiger partial charge in [0, 0.05) is 4.88 Å². The molecule has 0 fully saturated rings. The number of carbonyl (C=O) groups is 2. The number of methoxy groups -OCH3 is 1. The molecule has 0 spiro atoms. The van der Waals surface area contributed by atoms with E-state index in [1.54, 1.807) is 17.5 Å². The summed E-state index contributed by atoms with van der Waals surface area (Å²) in [4.78, 5) is 31.8. The molecule has 1 aliphatic carbocycles. The number of aromatic nitrogens is 3. The van der Waals surface area contributed by atoms with Crippen LogP contribution in [0.1, 0.15) is 64.2 Å². The Morgan fingerprint density at radius 1 is 1.26 bits per heavy atom. The Balaban J connectivity index is 1.56. The van der Waals surface area contributed by atoms with E-state index in [0.29, 0.717) is 21.7 Å². The highest BCUT2D eigenvalue weighted by molar-refractivity contribution is 7.17. The summed E-state index contributed by atoms with van der Waals surface area (Å²) in [6, 6.07) is 4.20. The number of hydrogen-bond acceptors (Lipinski definition) is 7. The highest BCUT2D eigenvalue weighted by atomic mass is 35.5. The van der Waals surface area contributed by atoms with E-state index in [-0.39, 0.29) is 32.3 Å². The van der Waals surface area contributed by atoms with E-state index in [4.69, 9.17) is 16.3 Å². The second-order valence-corrected chi connectivity index (χ2v) is 12.8. The summed E-state index contributed by atoms with van der Waals surface area (Å²) in [5.41, 5.74) is -0.652. The van der Waals surface area contributed by atoms with Gasteiger partial charge in [-0.05, 0) is 53.7 Å². The predicted molar refractivity (Wildman–Crippen MR) is 145 cm³/mol. The van der Waals surface area contributed by atoms with Crippen molar-refractivity contribution in [1.29, 1.82) is 0 Å². The van der Waals surface area contributed by atoms with Gasteiger partial charge >= 0.3 is 12.1 Å². The first-order valence-electron chi connectivity index (χ1n) is 12.0. The van der Waals surface area contributed by atoms with Crippen LogP contribution < -0.4 is 5.32 Å². The summed E-state index contributed by atoms with van der Waals surface area (Å²) < 4.78 is 47.5. The van der Waals surface area contributed by atoms with Gasteiger partial charge in [0.25, 0.3) is 5.91 Å². The van der Waals surface area contributed by atoms with Crippen molar-refractivity contribution in [2.45, 2.75) is 46.2 Å². The molecule has 1 aliphatic rings. The minimum Gasteiger partial charge on any atom is -0.465 e. The molecule has 0 aliphatic heterocycles. The van der Waals surface area contributed by atoms with E-state index in [1.165, 1.54) is 29.8 Å². The number of ether oxygens (including phenoxy) is 1. The third-order valence-electron chi connectivity index (χ3n) is 6.92. The molecule has 0 saturated heterocycles. The quantitative estimate of drug-likeness (QED) is 0.248. The molecule has 1 atom stereocenters. The standard InChI is InChI=1S/C26H24ClF3N4O3S2/c1-25(2,3)12-7-8-13-16(10-12)39-23(18(13)24(36)37-4)32-22(35)20-19(27)21-31-14(15-6-5-9-38-15)11-17(26(28,29)30)34(21)33-20/h5-6,9,11-12H,7-8,10H2,1-4H3,(H,32,35). The van der Waals surface area contributed by atoms with Crippen molar-refractivity contribution in [3.05, 3.63) is 56.0 Å². The van der Waals surface area contributed by atoms with E-state index in [9.17, 15) is 22.8 Å². The van der Waals surface area contributed by atoms with Gasteiger partial charge in [-0.25, -0.2) is 14.3 Å². The van der Waals surface area contributed by atoms with Crippen LogP contribution >= 0.6 is 34.3 Å². The van der Waals surface area contributed by atoms with E-state index < -0.39 is 29.4 Å². The van der Waals surface area contributed by atoms with Gasteiger partial charge in [0.15, 0.2) is 17.0 Å². The minimum absolute atomic E-state index is 0.0610. The Morgan fingerprint density at radius 2 is 2.00 bits per heavy atom. The number of anilines is 1. The van der Waals surface area contributed by atoms with E-state index in [2.05, 4.69) is 36.2 Å². The van der Waals surface area contributed by atoms with Crippen LogP contribution in [0.15, 0.2) is 23.6 Å². The zero-order valence-electron chi connectivity index (χ0n) is 21.4. The molecule has 1 amide bonds. The van der Waals surface area contributed by atoms with Gasteiger partial charge in [-0.15, -0.1) is 22.7 Å². The summed E-state index contributed by atoms with van der Waals surface area (Å²) in [7, 11) is 1.26. The van der Waals surface area contributed by atoms with Crippen molar-refractivity contribution in [1.82, 2.24) is 14.6 Å². The molecule has 4 aromatic heterocycles. The highest BCUT2D eigenvalue weighted by Gasteiger charge is 2.38. The summed E-state index contributed by atoms with van der Waals surface area (Å²) in [6.07, 6.45) is -2.53. The van der Waals surface area contributed by atoms with Crippen LogP contribution in [0.25, 0.3) is 16.2 Å². The molecular formula is C26H24ClF3N4O3S2. The molecule has 0 saturated carbocycles. The highest BCUT2D eigenvalue weighted by Crippen LogP contribution is 2.45. The van der Waals surface area contributed by atoms with Crippen molar-refractivity contribution >= 4 is 56.8 Å². The predicted octanol–water partition coefficient (Wildman–Crippen LogP) is 7.38. The van der Waals surface area contributed by atoms with Gasteiger partial charge in [-0.1, -0.05) is 38.4 Å². The van der Waals surface area contributed by atoms with Crippen LogP contribution in [0.2, 0.25) is 5.02 Å². The number of carbonyl (C=O) groups excluding carboxylic acids is 2. The number of halogens is 4. The molecule has 0 aromatic carbocycles. The summed E-state index contributed by atoms with van der Waals surface area (Å²) in [5.74, 6) is -1.07. The van der Waals surface area contributed by atoms with Gasteiger partial charge in [0.1, 0.15) is 10.0 Å². The van der Waals surface area contributed by atoms with Crippen LogP contribution in [-0.2, 0) is 23.8 Å². The number of rotatable bonds is 4. The lowest BCUT2D eigenvalue weighted by Crippen LogP contribution is -2.26. The topological polar surface area (TPSA) is 85.6 Å². The van der Waals surface area contributed by atoms with Gasteiger partial charge < -0.3 is 10.1 Å². The van der Waals surface area contributed by atoms with Crippen LogP contribution in [-0.4, -0.2) is 33.6 Å². The molecule has 0 bridgehead atoms. The Morgan fingerprint density at radius 3 is 2.62 bits per heavy atom. The normalized spacial score (nSPS) is 15.8. The fraction of sp³-hybridized carbons (Fsp3) is 0.385. The zero-order valence-corrected chi connectivity index (χ0v) is 23.8. The van der Waals surface area contributed by atoms with E-state index in [0.717, 1.165) is 29.3 Å². The van der Waals surface area contributed by atoms with Gasteiger partial charge in [0.2, 0.25) is 0 Å². The molecule has 206 valence electrons. The minimum atomic E-state index is -4.79. The van der Waals surface area contributed by atoms with Crippen molar-refractivity contribution in [3.63, 3.8) is 0 Å². The lowest BCUT2D eigenvalue weighted by molar-refractivity contribution is -0.142. The van der Waals surface area contributed by atoms with Crippen molar-refractivity contribution < 1.29 is 27.5 Å². The molecule has 13 heteroatoms. The first kappa shape index (κ1) is 27.6. The summed E-state index contributed by atoms with van der Waals surface area (Å²) >= 11 is 8.90. The average Bonchev–Trinajstić information content (AvgIpc) is 3.59. The molecular weight excluding hydrogens is 573 g/mol. The number of nitrogens with one attached hydrogen (secondary N) is 1. The lowest BCUT2D eigenvalue weighted by Gasteiger charge is -2.33. The largest absolute Gasteiger partial charge is 0.465 e. The van der Waals surface area contributed by atoms with Crippen LogP contribution in [0, 0.1) is 11.3 Å². The molecule has 1 N–H and O–H groups in total. The smallest absolute Gasteiger partial charge is 0.433 e. The van der Waals surface area contributed by atoms with Crippen molar-refractivity contribution in [2.75, 3.05) is 12.4 Å². The first-order valence-corrected chi connectivity index (χ1v) is 14.1. The molecule has 4 heterocycles. The molecule has 4 aromatic rings. The number of nitrogens with zero attached hydrogens (tertiary/aromatic N) is 3. The van der Waals surface area contributed by atoms with Gasteiger partial charge in [0.05, 0.1) is 23.2 Å². The van der Waals surface area contributed by atoms with Gasteiger partial charge in [-0.2, -0.15) is 18.3 Å². The summed E-state index contributed by atoms with van der Waals surface area (Å²) in [5, 5.41) is 8.21. The van der Waals surface area contributed by atoms with Crippen LogP contribution in [0.5, 0.6) is 0 Å². The number of esters is 1.